The molecule has 2 heterocycles. The first kappa shape index (κ1) is 11.6. The van der Waals surface area contributed by atoms with E-state index in [1.54, 1.807) is 6.20 Å². The van der Waals surface area contributed by atoms with Gasteiger partial charge in [-0.2, -0.15) is 0 Å². The molecule has 0 aliphatic carbocycles. The summed E-state index contributed by atoms with van der Waals surface area (Å²) in [6.07, 6.45) is 4.03. The topological polar surface area (TPSA) is 42.4 Å². The SMILES string of the molecule is OC(Cc1ccnc2ccccc12)C1CCCO1. The first-order valence-electron chi connectivity index (χ1n) is 6.47. The summed E-state index contributed by atoms with van der Waals surface area (Å²) in [4.78, 5) is 4.33. The summed E-state index contributed by atoms with van der Waals surface area (Å²) >= 11 is 0. The molecule has 2 aromatic rings. The zero-order chi connectivity index (χ0) is 12.4. The van der Waals surface area contributed by atoms with Gasteiger partial charge in [0.1, 0.15) is 0 Å². The van der Waals surface area contributed by atoms with Crippen molar-refractivity contribution in [2.45, 2.75) is 31.5 Å². The number of benzene rings is 1. The van der Waals surface area contributed by atoms with Gasteiger partial charge in [0.2, 0.25) is 0 Å². The molecule has 1 fully saturated rings. The molecule has 2 atom stereocenters. The Hall–Kier alpha value is -1.45. The van der Waals surface area contributed by atoms with Crippen LogP contribution in [-0.4, -0.2) is 28.9 Å². The van der Waals surface area contributed by atoms with Crippen molar-refractivity contribution in [2.24, 2.45) is 0 Å². The van der Waals surface area contributed by atoms with Gasteiger partial charge in [-0.1, -0.05) is 18.2 Å². The monoisotopic (exact) mass is 243 g/mol. The zero-order valence-electron chi connectivity index (χ0n) is 10.2. The Morgan fingerprint density at radius 3 is 3.06 bits per heavy atom. The zero-order valence-corrected chi connectivity index (χ0v) is 10.2. The van der Waals surface area contributed by atoms with Crippen LogP contribution in [0.25, 0.3) is 10.9 Å². The Bertz CT molecular complexity index is 530. The number of aromatic nitrogens is 1. The number of aliphatic hydroxyl groups is 1. The lowest BCUT2D eigenvalue weighted by Crippen LogP contribution is -2.27. The average Bonchev–Trinajstić information content (AvgIpc) is 2.93. The summed E-state index contributed by atoms with van der Waals surface area (Å²) < 4.78 is 5.53. The molecule has 0 amide bonds. The van der Waals surface area contributed by atoms with Crippen LogP contribution in [0.5, 0.6) is 0 Å². The highest BCUT2D eigenvalue weighted by molar-refractivity contribution is 5.81. The molecule has 94 valence electrons. The van der Waals surface area contributed by atoms with Crippen molar-refractivity contribution in [3.8, 4) is 0 Å². The number of nitrogens with zero attached hydrogens (tertiary/aromatic N) is 1. The van der Waals surface area contributed by atoms with E-state index in [0.29, 0.717) is 6.42 Å². The van der Waals surface area contributed by atoms with E-state index in [2.05, 4.69) is 11.1 Å². The maximum absolute atomic E-state index is 10.2. The van der Waals surface area contributed by atoms with Crippen LogP contribution in [0.2, 0.25) is 0 Å². The standard InChI is InChI=1S/C15H17NO2/c17-14(15-6-3-9-18-15)10-11-7-8-16-13-5-2-1-4-12(11)13/h1-2,4-5,7-8,14-15,17H,3,6,9-10H2. The minimum atomic E-state index is -0.418. The molecule has 1 aromatic carbocycles. The highest BCUT2D eigenvalue weighted by atomic mass is 16.5. The van der Waals surface area contributed by atoms with E-state index < -0.39 is 6.10 Å². The molecular formula is C15H17NO2. The Morgan fingerprint density at radius 2 is 2.22 bits per heavy atom. The summed E-state index contributed by atoms with van der Waals surface area (Å²) in [5.74, 6) is 0. The summed E-state index contributed by atoms with van der Waals surface area (Å²) in [5.41, 5.74) is 2.12. The molecule has 0 spiro atoms. The largest absolute Gasteiger partial charge is 0.390 e. The van der Waals surface area contributed by atoms with Crippen LogP contribution in [0, 0.1) is 0 Å². The highest BCUT2D eigenvalue weighted by Crippen LogP contribution is 2.22. The van der Waals surface area contributed by atoms with E-state index in [1.807, 2.05) is 24.3 Å². The number of fused-ring (bicyclic) bond motifs is 1. The molecule has 3 nitrogen and oxygen atoms in total. The molecule has 3 rings (SSSR count). The van der Waals surface area contributed by atoms with E-state index in [4.69, 9.17) is 4.74 Å². The summed E-state index contributed by atoms with van der Waals surface area (Å²) in [6, 6.07) is 10.0. The Morgan fingerprint density at radius 1 is 1.33 bits per heavy atom. The molecule has 1 aromatic heterocycles. The second-order valence-corrected chi connectivity index (χ2v) is 4.81. The van der Waals surface area contributed by atoms with E-state index in [0.717, 1.165) is 35.9 Å². The predicted molar refractivity (Wildman–Crippen MR) is 70.4 cm³/mol. The number of ether oxygens (including phenoxy) is 1. The van der Waals surface area contributed by atoms with Crippen molar-refractivity contribution < 1.29 is 9.84 Å². The van der Waals surface area contributed by atoms with Gasteiger partial charge in [0, 0.05) is 24.6 Å². The lowest BCUT2D eigenvalue weighted by Gasteiger charge is -2.18. The van der Waals surface area contributed by atoms with Crippen molar-refractivity contribution >= 4 is 10.9 Å². The molecule has 0 saturated carbocycles. The fourth-order valence-corrected chi connectivity index (χ4v) is 2.60. The summed E-state index contributed by atoms with van der Waals surface area (Å²) in [6.45, 7) is 0.777. The van der Waals surface area contributed by atoms with Gasteiger partial charge in [0.05, 0.1) is 17.7 Å². The molecule has 1 aliphatic heterocycles. The minimum absolute atomic E-state index is 0.00284. The van der Waals surface area contributed by atoms with Crippen LogP contribution >= 0.6 is 0 Å². The molecule has 18 heavy (non-hydrogen) atoms. The fraction of sp³-hybridized carbons (Fsp3) is 0.400. The lowest BCUT2D eigenvalue weighted by molar-refractivity contribution is -0.000627. The first-order chi connectivity index (χ1) is 8.84. The number of rotatable bonds is 3. The van der Waals surface area contributed by atoms with Crippen LogP contribution in [0.3, 0.4) is 0 Å². The Balaban J connectivity index is 1.85. The molecule has 0 radical (unpaired) electrons. The number of aliphatic hydroxyl groups excluding tert-OH is 1. The molecule has 1 saturated heterocycles. The fourth-order valence-electron chi connectivity index (χ4n) is 2.60. The van der Waals surface area contributed by atoms with Crippen molar-refractivity contribution in [3.05, 3.63) is 42.1 Å². The van der Waals surface area contributed by atoms with Crippen molar-refractivity contribution in [1.82, 2.24) is 4.98 Å². The number of hydrogen-bond donors (Lipinski definition) is 1. The van der Waals surface area contributed by atoms with E-state index >= 15 is 0 Å². The van der Waals surface area contributed by atoms with Gasteiger partial charge in [-0.3, -0.25) is 4.98 Å². The second-order valence-electron chi connectivity index (χ2n) is 4.81. The van der Waals surface area contributed by atoms with Gasteiger partial charge < -0.3 is 9.84 Å². The summed E-state index contributed by atoms with van der Waals surface area (Å²) in [7, 11) is 0. The van der Waals surface area contributed by atoms with Crippen LogP contribution < -0.4 is 0 Å². The van der Waals surface area contributed by atoms with Gasteiger partial charge in [0.25, 0.3) is 0 Å². The third-order valence-corrected chi connectivity index (χ3v) is 3.56. The third-order valence-electron chi connectivity index (χ3n) is 3.56. The van der Waals surface area contributed by atoms with Gasteiger partial charge in [-0.15, -0.1) is 0 Å². The maximum Gasteiger partial charge on any atom is 0.0842 e. The van der Waals surface area contributed by atoms with E-state index in [9.17, 15) is 5.11 Å². The van der Waals surface area contributed by atoms with E-state index in [-0.39, 0.29) is 6.10 Å². The van der Waals surface area contributed by atoms with Crippen molar-refractivity contribution in [1.29, 1.82) is 0 Å². The molecule has 1 N–H and O–H groups in total. The van der Waals surface area contributed by atoms with Crippen LogP contribution in [0.1, 0.15) is 18.4 Å². The predicted octanol–water partition coefficient (Wildman–Crippen LogP) is 2.32. The van der Waals surface area contributed by atoms with E-state index in [1.165, 1.54) is 0 Å². The first-order valence-corrected chi connectivity index (χ1v) is 6.47. The normalized spacial score (nSPS) is 21.3. The highest BCUT2D eigenvalue weighted by Gasteiger charge is 2.24. The summed E-state index contributed by atoms with van der Waals surface area (Å²) in [5, 5.41) is 11.3. The molecule has 1 aliphatic rings. The van der Waals surface area contributed by atoms with Gasteiger partial charge >= 0.3 is 0 Å². The lowest BCUT2D eigenvalue weighted by atomic mass is 9.99. The van der Waals surface area contributed by atoms with Crippen LogP contribution in [-0.2, 0) is 11.2 Å². The van der Waals surface area contributed by atoms with Crippen LogP contribution in [0.4, 0.5) is 0 Å². The smallest absolute Gasteiger partial charge is 0.0842 e. The Labute approximate surface area is 106 Å². The average molecular weight is 243 g/mol. The number of pyridine rings is 1. The molecule has 3 heteroatoms. The second kappa shape index (κ2) is 5.04. The van der Waals surface area contributed by atoms with Gasteiger partial charge in [-0.25, -0.2) is 0 Å². The van der Waals surface area contributed by atoms with Gasteiger partial charge in [0.15, 0.2) is 0 Å². The molecule has 2 unspecified atom stereocenters. The quantitative estimate of drug-likeness (QED) is 0.899. The molecular weight excluding hydrogens is 226 g/mol. The third kappa shape index (κ3) is 2.24. The maximum atomic E-state index is 10.2. The minimum Gasteiger partial charge on any atom is -0.390 e. The Kier molecular flexibility index (Phi) is 3.26. The van der Waals surface area contributed by atoms with Crippen molar-refractivity contribution in [3.63, 3.8) is 0 Å². The van der Waals surface area contributed by atoms with Gasteiger partial charge in [-0.05, 0) is 30.5 Å². The van der Waals surface area contributed by atoms with Crippen LogP contribution in [0.15, 0.2) is 36.5 Å². The number of hydrogen-bond acceptors (Lipinski definition) is 3. The number of para-hydroxylation sites is 1. The molecule has 0 bridgehead atoms. The van der Waals surface area contributed by atoms with Crippen molar-refractivity contribution in [2.75, 3.05) is 6.61 Å².